The normalized spacial score (nSPS) is 21.0. The average molecular weight is 457 g/mol. The number of carbonyl (C=O) groups is 1. The van der Waals surface area contributed by atoms with E-state index in [1.165, 1.54) is 12.1 Å². The first-order valence-electron chi connectivity index (χ1n) is 10.4. The Labute approximate surface area is 190 Å². The molecule has 0 spiro atoms. The van der Waals surface area contributed by atoms with Gasteiger partial charge in [0.1, 0.15) is 23.8 Å². The number of thiophene rings is 1. The molecule has 1 aromatic heterocycles. The molecule has 168 valence electrons. The molecule has 2 N–H and O–H groups in total. The van der Waals surface area contributed by atoms with E-state index >= 15 is 0 Å². The van der Waals surface area contributed by atoms with Crippen molar-refractivity contribution in [3.63, 3.8) is 0 Å². The molecule has 0 bridgehead atoms. The fraction of sp³-hybridized carbons (Fsp3) is 0.320. The molecular weight excluding hydrogens is 431 g/mol. The van der Waals surface area contributed by atoms with E-state index in [4.69, 9.17) is 9.47 Å². The van der Waals surface area contributed by atoms with Gasteiger partial charge in [0.2, 0.25) is 0 Å². The molecule has 3 atom stereocenters. The summed E-state index contributed by atoms with van der Waals surface area (Å²) < 4.78 is 24.6. The summed E-state index contributed by atoms with van der Waals surface area (Å²) in [4.78, 5) is 14.2. The summed E-state index contributed by atoms with van der Waals surface area (Å²) in [7, 11) is 1.57. The molecule has 1 aliphatic heterocycles. The Hall–Kier alpha value is -2.58. The third-order valence-corrected chi connectivity index (χ3v) is 6.90. The highest BCUT2D eigenvalue weighted by atomic mass is 32.1. The Morgan fingerprint density at radius 1 is 1.19 bits per heavy atom. The fourth-order valence-corrected chi connectivity index (χ4v) is 5.02. The maximum Gasteiger partial charge on any atom is 0.192 e. The van der Waals surface area contributed by atoms with Gasteiger partial charge in [0.05, 0.1) is 19.8 Å². The molecule has 2 aromatic carbocycles. The lowest BCUT2D eigenvalue weighted by atomic mass is 9.91. The lowest BCUT2D eigenvalue weighted by molar-refractivity contribution is -0.162. The fourth-order valence-electron chi connectivity index (χ4n) is 3.98. The molecule has 7 heteroatoms. The number of ether oxygens (including phenoxy) is 2. The highest BCUT2D eigenvalue weighted by molar-refractivity contribution is 7.15. The first-order valence-corrected chi connectivity index (χ1v) is 11.2. The van der Waals surface area contributed by atoms with Crippen LogP contribution in [0.4, 0.5) is 4.39 Å². The Balaban J connectivity index is 1.61. The zero-order valence-corrected chi connectivity index (χ0v) is 18.7. The van der Waals surface area contributed by atoms with Gasteiger partial charge in [-0.25, -0.2) is 4.39 Å². The Morgan fingerprint density at radius 2 is 1.94 bits per heavy atom. The van der Waals surface area contributed by atoms with Crippen molar-refractivity contribution < 1.29 is 28.9 Å². The van der Waals surface area contributed by atoms with Crippen molar-refractivity contribution >= 4 is 17.1 Å². The Bertz CT molecular complexity index is 1110. The van der Waals surface area contributed by atoms with Gasteiger partial charge in [0.15, 0.2) is 5.78 Å². The first kappa shape index (κ1) is 22.6. The predicted octanol–water partition coefficient (Wildman–Crippen LogP) is 4.21. The van der Waals surface area contributed by atoms with Crippen LogP contribution in [-0.4, -0.2) is 41.9 Å². The molecule has 1 fully saturated rings. The zero-order valence-electron chi connectivity index (χ0n) is 17.9. The van der Waals surface area contributed by atoms with Crippen LogP contribution in [0.15, 0.2) is 48.5 Å². The third-order valence-electron chi connectivity index (χ3n) is 5.77. The van der Waals surface area contributed by atoms with Gasteiger partial charge in [-0.3, -0.25) is 4.79 Å². The number of aryl methyl sites for hydroxylation is 1. The molecule has 0 unspecified atom stereocenters. The van der Waals surface area contributed by atoms with E-state index in [-0.39, 0.29) is 12.2 Å². The third kappa shape index (κ3) is 4.61. The minimum atomic E-state index is -1.18. The summed E-state index contributed by atoms with van der Waals surface area (Å²) in [6.07, 6.45) is -1.99. The van der Waals surface area contributed by atoms with Gasteiger partial charge < -0.3 is 19.7 Å². The van der Waals surface area contributed by atoms with Crippen molar-refractivity contribution in [2.75, 3.05) is 13.7 Å². The molecule has 0 amide bonds. The molecule has 32 heavy (non-hydrogen) atoms. The largest absolute Gasteiger partial charge is 0.496 e. The monoisotopic (exact) mass is 456 g/mol. The van der Waals surface area contributed by atoms with Crippen molar-refractivity contribution in [2.24, 2.45) is 0 Å². The van der Waals surface area contributed by atoms with Gasteiger partial charge in [0.25, 0.3) is 0 Å². The van der Waals surface area contributed by atoms with Crippen LogP contribution in [0.3, 0.4) is 0 Å². The number of aliphatic hydroxyl groups is 2. The maximum atomic E-state index is 13.2. The molecular formula is C25H25FO5S. The summed E-state index contributed by atoms with van der Waals surface area (Å²) in [6, 6.07) is 14.5. The maximum absolute atomic E-state index is 13.2. The van der Waals surface area contributed by atoms with Gasteiger partial charge in [-0.1, -0.05) is 12.1 Å². The van der Waals surface area contributed by atoms with Gasteiger partial charge in [-0.2, -0.15) is 0 Å². The van der Waals surface area contributed by atoms with Gasteiger partial charge >= 0.3 is 0 Å². The van der Waals surface area contributed by atoms with E-state index in [1.54, 1.807) is 30.6 Å². The standard InChI is InChI=1S/C25H25FO5S/c1-14-9-21(30-2)19(22-12-20(28)25(29)23(13-27)31-22)11-16(14)10-18-7-8-24(32-18)15-3-5-17(26)6-4-15/h3-9,11,20,22-23,27-28H,10,12-13H2,1-2H3/t20-,22-,23-/m1/s1. The minimum Gasteiger partial charge on any atom is -0.496 e. The molecule has 1 aliphatic rings. The van der Waals surface area contributed by atoms with Crippen LogP contribution in [0, 0.1) is 12.7 Å². The van der Waals surface area contributed by atoms with Crippen LogP contribution in [0.2, 0.25) is 0 Å². The first-order chi connectivity index (χ1) is 15.4. The van der Waals surface area contributed by atoms with Crippen LogP contribution in [0.25, 0.3) is 10.4 Å². The molecule has 0 saturated carbocycles. The van der Waals surface area contributed by atoms with Crippen molar-refractivity contribution in [3.05, 3.63) is 75.9 Å². The number of halogens is 1. The van der Waals surface area contributed by atoms with E-state index in [9.17, 15) is 19.4 Å². The van der Waals surface area contributed by atoms with Crippen LogP contribution >= 0.6 is 11.3 Å². The second-order valence-corrected chi connectivity index (χ2v) is 9.09. The topological polar surface area (TPSA) is 76.0 Å². The van der Waals surface area contributed by atoms with E-state index in [2.05, 4.69) is 6.07 Å². The Kier molecular flexibility index (Phi) is 6.71. The number of rotatable bonds is 6. The van der Waals surface area contributed by atoms with Crippen LogP contribution in [-0.2, 0) is 16.0 Å². The smallest absolute Gasteiger partial charge is 0.192 e. The number of aliphatic hydroxyl groups excluding tert-OH is 2. The van der Waals surface area contributed by atoms with E-state index in [0.717, 1.165) is 32.0 Å². The van der Waals surface area contributed by atoms with E-state index in [1.807, 2.05) is 25.1 Å². The van der Waals surface area contributed by atoms with Crippen molar-refractivity contribution in [1.82, 2.24) is 0 Å². The van der Waals surface area contributed by atoms with Crippen molar-refractivity contribution in [1.29, 1.82) is 0 Å². The number of methoxy groups -OCH3 is 1. The molecule has 3 aromatic rings. The highest BCUT2D eigenvalue weighted by Gasteiger charge is 2.37. The number of benzene rings is 2. The number of hydrogen-bond acceptors (Lipinski definition) is 6. The summed E-state index contributed by atoms with van der Waals surface area (Å²) in [5.74, 6) is -0.137. The summed E-state index contributed by atoms with van der Waals surface area (Å²) in [5.41, 5.74) is 3.84. The molecule has 5 nitrogen and oxygen atoms in total. The molecule has 2 heterocycles. The lowest BCUT2D eigenvalue weighted by Gasteiger charge is -2.32. The van der Waals surface area contributed by atoms with E-state index in [0.29, 0.717) is 12.2 Å². The second-order valence-electron chi connectivity index (χ2n) is 7.92. The summed E-state index contributed by atoms with van der Waals surface area (Å²) >= 11 is 1.65. The van der Waals surface area contributed by atoms with Crippen molar-refractivity contribution in [2.45, 2.75) is 38.1 Å². The molecule has 1 saturated heterocycles. The lowest BCUT2D eigenvalue weighted by Crippen LogP contribution is -2.43. The van der Waals surface area contributed by atoms with Crippen LogP contribution in [0.1, 0.15) is 34.1 Å². The van der Waals surface area contributed by atoms with Gasteiger partial charge in [0, 0.05) is 28.2 Å². The van der Waals surface area contributed by atoms with Gasteiger partial charge in [-0.15, -0.1) is 11.3 Å². The Morgan fingerprint density at radius 3 is 2.62 bits per heavy atom. The van der Waals surface area contributed by atoms with Crippen LogP contribution in [0.5, 0.6) is 5.75 Å². The number of Topliss-reactive ketones (excluding diaryl/α,β-unsaturated/α-hetero) is 1. The molecule has 4 rings (SSSR count). The molecule has 0 radical (unpaired) electrons. The van der Waals surface area contributed by atoms with E-state index < -0.39 is 30.7 Å². The predicted molar refractivity (Wildman–Crippen MR) is 121 cm³/mol. The highest BCUT2D eigenvalue weighted by Crippen LogP contribution is 2.38. The molecule has 0 aliphatic carbocycles. The SMILES string of the molecule is COc1cc(C)c(Cc2ccc(-c3ccc(F)cc3)s2)cc1[C@H]1C[C@@H](O)C(=O)[C@@H](CO)O1. The van der Waals surface area contributed by atoms with Crippen molar-refractivity contribution in [3.8, 4) is 16.2 Å². The number of ketones is 1. The second kappa shape index (κ2) is 9.50. The number of carbonyl (C=O) groups excluding carboxylic acids is 1. The minimum absolute atomic E-state index is 0.113. The summed E-state index contributed by atoms with van der Waals surface area (Å²) in [5, 5.41) is 19.6. The van der Waals surface area contributed by atoms with Gasteiger partial charge in [-0.05, 0) is 60.0 Å². The quantitative estimate of drug-likeness (QED) is 0.581. The number of hydrogen-bond donors (Lipinski definition) is 2. The van der Waals surface area contributed by atoms with Crippen LogP contribution < -0.4 is 4.74 Å². The summed E-state index contributed by atoms with van der Waals surface area (Å²) in [6.45, 7) is 1.53. The average Bonchev–Trinajstić information content (AvgIpc) is 3.25. The zero-order chi connectivity index (χ0) is 22.8.